The highest BCUT2D eigenvalue weighted by atomic mass is 19.1. The van der Waals surface area contributed by atoms with Crippen LogP contribution < -0.4 is 0 Å². The molecule has 0 saturated carbocycles. The highest BCUT2D eigenvalue weighted by Gasteiger charge is 2.27. The van der Waals surface area contributed by atoms with E-state index >= 15 is 0 Å². The summed E-state index contributed by atoms with van der Waals surface area (Å²) in [6.07, 6.45) is 2.35. The van der Waals surface area contributed by atoms with Crippen molar-refractivity contribution in [2.75, 3.05) is 52.4 Å². The Morgan fingerprint density at radius 1 is 0.931 bits per heavy atom. The average Bonchev–Trinajstić information content (AvgIpc) is 2.72. The Labute approximate surface area is 170 Å². The van der Waals surface area contributed by atoms with Crippen LogP contribution in [0.4, 0.5) is 4.39 Å². The number of β-amino-alcohol motifs (C(OH)–C–C–N with tert-alkyl or cyclic N) is 1. The van der Waals surface area contributed by atoms with Crippen molar-refractivity contribution in [3.8, 4) is 0 Å². The number of hydrogen-bond donors (Lipinski definition) is 3. The monoisotopic (exact) mass is 411 g/mol. The van der Waals surface area contributed by atoms with Crippen molar-refractivity contribution < 1.29 is 29.3 Å². The lowest BCUT2D eigenvalue weighted by molar-refractivity contribution is -0.159. The Morgan fingerprint density at radius 2 is 1.52 bits per heavy atom. The van der Waals surface area contributed by atoms with Crippen LogP contribution >= 0.6 is 0 Å². The van der Waals surface area contributed by atoms with E-state index in [0.29, 0.717) is 6.04 Å². The lowest BCUT2D eigenvalue weighted by atomic mass is 10.0. The number of nitrogens with zero attached hydrogens (tertiary/aromatic N) is 3. The quantitative estimate of drug-likeness (QED) is 0.604. The number of aliphatic carboxylic acids is 2. The molecule has 0 aromatic heterocycles. The van der Waals surface area contributed by atoms with Crippen molar-refractivity contribution in [3.05, 3.63) is 35.6 Å². The molecule has 1 aromatic carbocycles. The zero-order valence-corrected chi connectivity index (χ0v) is 16.5. The predicted octanol–water partition coefficient (Wildman–Crippen LogP) is 0.556. The zero-order valence-electron chi connectivity index (χ0n) is 16.5. The molecule has 2 fully saturated rings. The van der Waals surface area contributed by atoms with Gasteiger partial charge in [-0.2, -0.15) is 0 Å². The number of rotatable bonds is 5. The Morgan fingerprint density at radius 3 is 2.03 bits per heavy atom. The summed E-state index contributed by atoms with van der Waals surface area (Å²) in [5.41, 5.74) is 0.809. The number of carboxylic acids is 2. The molecule has 2 aliphatic rings. The highest BCUT2D eigenvalue weighted by Crippen LogP contribution is 2.20. The van der Waals surface area contributed by atoms with Gasteiger partial charge in [-0.3, -0.25) is 14.7 Å². The molecule has 0 spiro atoms. The van der Waals surface area contributed by atoms with Gasteiger partial charge in [-0.25, -0.2) is 14.0 Å². The molecule has 3 rings (SSSR count). The van der Waals surface area contributed by atoms with E-state index in [1.165, 1.54) is 12.8 Å². The highest BCUT2D eigenvalue weighted by molar-refractivity contribution is 6.27. The van der Waals surface area contributed by atoms with Gasteiger partial charge in [-0.1, -0.05) is 18.2 Å². The third-order valence-electron chi connectivity index (χ3n) is 5.43. The standard InChI is InChI=1S/C18H28FN3O.C2H2O4/c19-18-4-2-1-3-16(18)15-21-7-5-17(6-8-21)22-11-9-20(10-12-22)13-14-23;3-1(4)2(5)6/h1-4,17,23H,5-15H2;(H,3,4)(H,5,6). The molecule has 8 nitrogen and oxygen atoms in total. The molecule has 2 heterocycles. The SMILES string of the molecule is O=C(O)C(=O)O.OCCN1CCN(C2CCN(Cc3ccccc3F)CC2)CC1. The number of benzene rings is 1. The number of aliphatic hydroxyl groups excluding tert-OH is 1. The summed E-state index contributed by atoms with van der Waals surface area (Å²) < 4.78 is 13.8. The lowest BCUT2D eigenvalue weighted by Crippen LogP contribution is -2.53. The Kier molecular flexibility index (Phi) is 9.46. The summed E-state index contributed by atoms with van der Waals surface area (Å²) in [5.74, 6) is -3.74. The summed E-state index contributed by atoms with van der Waals surface area (Å²) in [7, 11) is 0. The fourth-order valence-electron chi connectivity index (χ4n) is 3.80. The Bertz CT molecular complexity index is 647. The minimum absolute atomic E-state index is 0.0883. The van der Waals surface area contributed by atoms with E-state index in [4.69, 9.17) is 24.9 Å². The molecule has 0 bridgehead atoms. The van der Waals surface area contributed by atoms with Gasteiger partial charge in [0.15, 0.2) is 0 Å². The molecular weight excluding hydrogens is 381 g/mol. The average molecular weight is 411 g/mol. The van der Waals surface area contributed by atoms with Gasteiger partial charge in [0.05, 0.1) is 6.61 Å². The van der Waals surface area contributed by atoms with Crippen molar-refractivity contribution in [2.24, 2.45) is 0 Å². The molecule has 162 valence electrons. The predicted molar refractivity (Wildman–Crippen MR) is 105 cm³/mol. The molecule has 29 heavy (non-hydrogen) atoms. The Balaban J connectivity index is 0.000000438. The first-order valence-electron chi connectivity index (χ1n) is 9.90. The maximum Gasteiger partial charge on any atom is 0.414 e. The number of piperazine rings is 1. The lowest BCUT2D eigenvalue weighted by Gasteiger charge is -2.42. The number of carbonyl (C=O) groups is 2. The number of halogens is 1. The normalized spacial score (nSPS) is 19.4. The van der Waals surface area contributed by atoms with Crippen molar-refractivity contribution in [1.29, 1.82) is 0 Å². The van der Waals surface area contributed by atoms with Crippen LogP contribution in [0.2, 0.25) is 0 Å². The van der Waals surface area contributed by atoms with E-state index in [0.717, 1.165) is 57.9 Å². The van der Waals surface area contributed by atoms with Crippen molar-refractivity contribution in [3.63, 3.8) is 0 Å². The second-order valence-corrected chi connectivity index (χ2v) is 7.31. The van der Waals surface area contributed by atoms with Gasteiger partial charge in [-0.15, -0.1) is 0 Å². The molecule has 0 unspecified atom stereocenters. The number of aliphatic hydroxyl groups is 1. The van der Waals surface area contributed by atoms with Gasteiger partial charge in [0.25, 0.3) is 0 Å². The minimum atomic E-state index is -1.82. The third-order valence-corrected chi connectivity index (χ3v) is 5.43. The molecule has 3 N–H and O–H groups in total. The number of piperidine rings is 1. The van der Waals surface area contributed by atoms with E-state index in [1.807, 2.05) is 12.1 Å². The molecule has 0 radical (unpaired) electrons. The van der Waals surface area contributed by atoms with Gasteiger partial charge in [0.2, 0.25) is 0 Å². The van der Waals surface area contributed by atoms with Crippen molar-refractivity contribution in [1.82, 2.24) is 14.7 Å². The van der Waals surface area contributed by atoms with Crippen LogP contribution in [-0.4, -0.2) is 100 Å². The van der Waals surface area contributed by atoms with E-state index in [9.17, 15) is 4.39 Å². The molecule has 0 aliphatic carbocycles. The van der Waals surface area contributed by atoms with E-state index in [-0.39, 0.29) is 12.4 Å². The number of hydrogen-bond acceptors (Lipinski definition) is 6. The van der Waals surface area contributed by atoms with Gasteiger partial charge in [-0.05, 0) is 32.0 Å². The molecule has 2 aliphatic heterocycles. The topological polar surface area (TPSA) is 105 Å². The molecule has 2 saturated heterocycles. The summed E-state index contributed by atoms with van der Waals surface area (Å²) in [5, 5.41) is 23.8. The first kappa shape index (κ1) is 23.2. The summed E-state index contributed by atoms with van der Waals surface area (Å²) in [4.78, 5) is 25.5. The van der Waals surface area contributed by atoms with Gasteiger partial charge >= 0.3 is 11.9 Å². The fraction of sp³-hybridized carbons (Fsp3) is 0.600. The number of likely N-dealkylation sites (tertiary alicyclic amines) is 1. The van der Waals surface area contributed by atoms with Crippen LogP contribution in [0, 0.1) is 5.82 Å². The second-order valence-electron chi connectivity index (χ2n) is 7.31. The van der Waals surface area contributed by atoms with Crippen molar-refractivity contribution >= 4 is 11.9 Å². The first-order valence-corrected chi connectivity index (χ1v) is 9.90. The van der Waals surface area contributed by atoms with Crippen LogP contribution in [0.3, 0.4) is 0 Å². The zero-order chi connectivity index (χ0) is 21.2. The Hall–Kier alpha value is -2.07. The van der Waals surface area contributed by atoms with E-state index in [2.05, 4.69) is 14.7 Å². The third kappa shape index (κ3) is 7.69. The summed E-state index contributed by atoms with van der Waals surface area (Å²) in [6.45, 7) is 8.24. The van der Waals surface area contributed by atoms with Gasteiger partial charge < -0.3 is 15.3 Å². The fourth-order valence-corrected chi connectivity index (χ4v) is 3.80. The summed E-state index contributed by atoms with van der Waals surface area (Å²) >= 11 is 0. The van der Waals surface area contributed by atoms with Crippen LogP contribution in [0.25, 0.3) is 0 Å². The van der Waals surface area contributed by atoms with Crippen LogP contribution in [0.1, 0.15) is 18.4 Å². The van der Waals surface area contributed by atoms with Crippen LogP contribution in [0.5, 0.6) is 0 Å². The summed E-state index contributed by atoms with van der Waals surface area (Å²) in [6, 6.07) is 7.78. The molecule has 0 atom stereocenters. The van der Waals surface area contributed by atoms with Gasteiger partial charge in [0.1, 0.15) is 5.82 Å². The largest absolute Gasteiger partial charge is 0.473 e. The molecule has 0 amide bonds. The van der Waals surface area contributed by atoms with Crippen molar-refractivity contribution in [2.45, 2.75) is 25.4 Å². The van der Waals surface area contributed by atoms with Crippen LogP contribution in [-0.2, 0) is 16.1 Å². The van der Waals surface area contributed by atoms with E-state index in [1.54, 1.807) is 12.1 Å². The smallest absolute Gasteiger partial charge is 0.414 e. The maximum absolute atomic E-state index is 13.8. The molecule has 9 heteroatoms. The molecule has 1 aromatic rings. The first-order chi connectivity index (χ1) is 13.9. The van der Waals surface area contributed by atoms with Crippen LogP contribution in [0.15, 0.2) is 24.3 Å². The van der Waals surface area contributed by atoms with E-state index < -0.39 is 11.9 Å². The minimum Gasteiger partial charge on any atom is -0.473 e. The molecular formula is C20H30FN3O5. The second kappa shape index (κ2) is 11.8. The number of carboxylic acid groups (broad SMARTS) is 2. The van der Waals surface area contributed by atoms with Gasteiger partial charge in [0, 0.05) is 50.9 Å². The maximum atomic E-state index is 13.8.